The number of aromatic nitrogens is 2. The van der Waals surface area contributed by atoms with E-state index in [1.54, 1.807) is 6.20 Å². The molecule has 70 valence electrons. The van der Waals surface area contributed by atoms with Crippen molar-refractivity contribution in [3.8, 4) is 0 Å². The maximum Gasteiger partial charge on any atom is 0.221 e. The lowest BCUT2D eigenvalue weighted by molar-refractivity contribution is 0.697. The van der Waals surface area contributed by atoms with Crippen LogP contribution in [0, 0.1) is 0 Å². The van der Waals surface area contributed by atoms with Gasteiger partial charge < -0.3 is 11.1 Å². The molecule has 1 aromatic heterocycles. The smallest absolute Gasteiger partial charge is 0.221 e. The monoisotopic (exact) mass is 178 g/mol. The predicted molar refractivity (Wildman–Crippen MR) is 52.3 cm³/mol. The van der Waals surface area contributed by atoms with Crippen molar-refractivity contribution >= 4 is 11.8 Å². The van der Waals surface area contributed by atoms with Gasteiger partial charge in [-0.2, -0.15) is 4.98 Å². The van der Waals surface area contributed by atoms with E-state index in [1.165, 1.54) is 12.8 Å². The molecule has 1 aliphatic carbocycles. The van der Waals surface area contributed by atoms with Crippen LogP contribution in [0.2, 0.25) is 0 Å². The highest BCUT2D eigenvalue weighted by Gasteiger charge is 2.40. The third-order valence-electron chi connectivity index (χ3n) is 2.60. The number of nitrogens with two attached hydrogens (primary N) is 1. The molecule has 0 saturated heterocycles. The number of rotatable bonds is 3. The standard InChI is InChI=1S/C9H14N4/c1-2-9(4-5-9)13-7-3-6-11-8(10)12-7/h3,6H,2,4-5H2,1H3,(H3,10,11,12,13). The Hall–Kier alpha value is -1.32. The van der Waals surface area contributed by atoms with Crippen LogP contribution in [-0.4, -0.2) is 15.5 Å². The van der Waals surface area contributed by atoms with E-state index in [2.05, 4.69) is 22.2 Å². The van der Waals surface area contributed by atoms with Gasteiger partial charge in [0, 0.05) is 11.7 Å². The van der Waals surface area contributed by atoms with Gasteiger partial charge >= 0.3 is 0 Å². The van der Waals surface area contributed by atoms with E-state index in [4.69, 9.17) is 5.73 Å². The van der Waals surface area contributed by atoms with Gasteiger partial charge in [-0.1, -0.05) is 6.92 Å². The molecule has 1 fully saturated rings. The Morgan fingerprint density at radius 1 is 1.62 bits per heavy atom. The van der Waals surface area contributed by atoms with E-state index >= 15 is 0 Å². The summed E-state index contributed by atoms with van der Waals surface area (Å²) in [6.07, 6.45) is 5.27. The molecular formula is C9H14N4. The minimum atomic E-state index is 0.292. The first-order valence-electron chi connectivity index (χ1n) is 4.61. The van der Waals surface area contributed by atoms with E-state index in [-0.39, 0.29) is 0 Å². The average Bonchev–Trinajstić information content (AvgIpc) is 2.86. The van der Waals surface area contributed by atoms with Gasteiger partial charge in [-0.3, -0.25) is 0 Å². The summed E-state index contributed by atoms with van der Waals surface area (Å²) in [5.41, 5.74) is 5.77. The summed E-state index contributed by atoms with van der Waals surface area (Å²) in [5.74, 6) is 1.17. The summed E-state index contributed by atoms with van der Waals surface area (Å²) in [4.78, 5) is 7.94. The van der Waals surface area contributed by atoms with Crippen LogP contribution in [0.15, 0.2) is 12.3 Å². The van der Waals surface area contributed by atoms with E-state index in [0.717, 1.165) is 12.2 Å². The molecule has 4 heteroatoms. The molecule has 0 atom stereocenters. The second kappa shape index (κ2) is 2.87. The van der Waals surface area contributed by atoms with Crippen molar-refractivity contribution < 1.29 is 0 Å². The Kier molecular flexibility index (Phi) is 1.83. The van der Waals surface area contributed by atoms with Crippen molar-refractivity contribution in [2.24, 2.45) is 0 Å². The molecule has 1 heterocycles. The Bertz CT molecular complexity index is 306. The highest BCUT2D eigenvalue weighted by atomic mass is 15.1. The molecule has 4 nitrogen and oxygen atoms in total. The van der Waals surface area contributed by atoms with Crippen molar-refractivity contribution in [2.75, 3.05) is 11.1 Å². The lowest BCUT2D eigenvalue weighted by atomic mass is 10.2. The Labute approximate surface area is 77.6 Å². The maximum atomic E-state index is 5.48. The number of hydrogen-bond donors (Lipinski definition) is 2. The van der Waals surface area contributed by atoms with Gasteiger partial charge in [0.25, 0.3) is 0 Å². The summed E-state index contributed by atoms with van der Waals surface area (Å²) in [6.45, 7) is 2.19. The minimum absolute atomic E-state index is 0.292. The van der Waals surface area contributed by atoms with Gasteiger partial charge in [0.2, 0.25) is 5.95 Å². The van der Waals surface area contributed by atoms with Gasteiger partial charge in [-0.25, -0.2) is 4.98 Å². The molecule has 0 unspecified atom stereocenters. The second-order valence-corrected chi connectivity index (χ2v) is 3.56. The van der Waals surface area contributed by atoms with Gasteiger partial charge in [-0.05, 0) is 25.3 Å². The number of nitrogens with one attached hydrogen (secondary N) is 1. The van der Waals surface area contributed by atoms with Crippen LogP contribution in [0.3, 0.4) is 0 Å². The van der Waals surface area contributed by atoms with Gasteiger partial charge in [0.1, 0.15) is 5.82 Å². The summed E-state index contributed by atoms with van der Waals surface area (Å²) < 4.78 is 0. The molecule has 0 spiro atoms. The quantitative estimate of drug-likeness (QED) is 0.734. The minimum Gasteiger partial charge on any atom is -0.368 e. The molecule has 0 amide bonds. The molecule has 1 aliphatic rings. The normalized spacial score (nSPS) is 18.2. The first-order chi connectivity index (χ1) is 6.24. The van der Waals surface area contributed by atoms with Crippen LogP contribution < -0.4 is 11.1 Å². The van der Waals surface area contributed by atoms with Crippen LogP contribution in [0.25, 0.3) is 0 Å². The molecule has 3 N–H and O–H groups in total. The van der Waals surface area contributed by atoms with Crippen LogP contribution in [-0.2, 0) is 0 Å². The SMILES string of the molecule is CCC1(Nc2ccnc(N)n2)CC1. The van der Waals surface area contributed by atoms with Crippen LogP contribution in [0.5, 0.6) is 0 Å². The van der Waals surface area contributed by atoms with Gasteiger partial charge in [0.05, 0.1) is 0 Å². The first-order valence-corrected chi connectivity index (χ1v) is 4.61. The van der Waals surface area contributed by atoms with Crippen molar-refractivity contribution in [1.29, 1.82) is 0 Å². The zero-order valence-electron chi connectivity index (χ0n) is 7.75. The van der Waals surface area contributed by atoms with Crippen molar-refractivity contribution in [1.82, 2.24) is 9.97 Å². The largest absolute Gasteiger partial charge is 0.368 e. The maximum absolute atomic E-state index is 5.48. The van der Waals surface area contributed by atoms with Crippen molar-refractivity contribution in [3.63, 3.8) is 0 Å². The summed E-state index contributed by atoms with van der Waals surface area (Å²) in [7, 11) is 0. The number of nitrogen functional groups attached to an aromatic ring is 1. The predicted octanol–water partition coefficient (Wildman–Crippen LogP) is 1.41. The number of nitrogens with zero attached hydrogens (tertiary/aromatic N) is 2. The summed E-state index contributed by atoms with van der Waals surface area (Å²) in [6, 6.07) is 1.85. The third kappa shape index (κ3) is 1.71. The Morgan fingerprint density at radius 3 is 2.92 bits per heavy atom. The van der Waals surface area contributed by atoms with Gasteiger partial charge in [-0.15, -0.1) is 0 Å². The fourth-order valence-electron chi connectivity index (χ4n) is 1.43. The number of anilines is 2. The molecule has 0 aromatic carbocycles. The van der Waals surface area contributed by atoms with Crippen LogP contribution in [0.4, 0.5) is 11.8 Å². The van der Waals surface area contributed by atoms with Crippen LogP contribution in [0.1, 0.15) is 26.2 Å². The van der Waals surface area contributed by atoms with E-state index in [9.17, 15) is 0 Å². The highest BCUT2D eigenvalue weighted by Crippen LogP contribution is 2.41. The lowest BCUT2D eigenvalue weighted by Crippen LogP contribution is -2.20. The molecule has 0 radical (unpaired) electrons. The summed E-state index contributed by atoms with van der Waals surface area (Å²) >= 11 is 0. The molecule has 1 saturated carbocycles. The molecular weight excluding hydrogens is 164 g/mol. The highest BCUT2D eigenvalue weighted by molar-refractivity contribution is 5.42. The fraction of sp³-hybridized carbons (Fsp3) is 0.556. The first kappa shape index (κ1) is 8.29. The second-order valence-electron chi connectivity index (χ2n) is 3.56. The average molecular weight is 178 g/mol. The Morgan fingerprint density at radius 2 is 2.38 bits per heavy atom. The third-order valence-corrected chi connectivity index (χ3v) is 2.60. The zero-order valence-corrected chi connectivity index (χ0v) is 7.75. The fourth-order valence-corrected chi connectivity index (χ4v) is 1.43. The zero-order chi connectivity index (χ0) is 9.31. The molecule has 13 heavy (non-hydrogen) atoms. The molecule has 0 bridgehead atoms. The lowest BCUT2D eigenvalue weighted by Gasteiger charge is -2.15. The van der Waals surface area contributed by atoms with Crippen molar-refractivity contribution in [2.45, 2.75) is 31.7 Å². The topological polar surface area (TPSA) is 63.8 Å². The molecule has 2 rings (SSSR count). The van der Waals surface area contributed by atoms with E-state index < -0.39 is 0 Å². The number of hydrogen-bond acceptors (Lipinski definition) is 4. The molecule has 1 aromatic rings. The Balaban J connectivity index is 2.09. The van der Waals surface area contributed by atoms with Crippen molar-refractivity contribution in [3.05, 3.63) is 12.3 Å². The molecule has 0 aliphatic heterocycles. The van der Waals surface area contributed by atoms with Gasteiger partial charge in [0.15, 0.2) is 0 Å². The summed E-state index contributed by atoms with van der Waals surface area (Å²) in [5, 5.41) is 3.39. The van der Waals surface area contributed by atoms with E-state index in [0.29, 0.717) is 11.5 Å². The van der Waals surface area contributed by atoms with Crippen LogP contribution >= 0.6 is 0 Å². The van der Waals surface area contributed by atoms with E-state index in [1.807, 2.05) is 6.07 Å².